The van der Waals surface area contributed by atoms with Gasteiger partial charge in [0.15, 0.2) is 0 Å². The molecule has 1 unspecified atom stereocenters. The molecule has 0 aliphatic heterocycles. The quantitative estimate of drug-likeness (QED) is 0.846. The lowest BCUT2D eigenvalue weighted by Gasteiger charge is -2.24. The fourth-order valence-corrected chi connectivity index (χ4v) is 3.99. The molecule has 1 aromatic rings. The van der Waals surface area contributed by atoms with Crippen LogP contribution >= 0.6 is 11.8 Å². The van der Waals surface area contributed by atoms with E-state index in [0.29, 0.717) is 6.04 Å². The summed E-state index contributed by atoms with van der Waals surface area (Å²) in [5.74, 6) is 1.20. The van der Waals surface area contributed by atoms with Crippen molar-refractivity contribution in [3.63, 3.8) is 0 Å². The molecule has 1 N–H and O–H groups in total. The number of hydrogen-bond acceptors (Lipinski definition) is 2. The Bertz CT molecular complexity index is 306. The zero-order valence-electron chi connectivity index (χ0n) is 10.7. The third-order valence-corrected chi connectivity index (χ3v) is 5.07. The summed E-state index contributed by atoms with van der Waals surface area (Å²) >= 11 is 2.16. The van der Waals surface area contributed by atoms with E-state index in [2.05, 4.69) is 54.5 Å². The van der Waals surface area contributed by atoms with Gasteiger partial charge in [-0.05, 0) is 25.5 Å². The van der Waals surface area contributed by atoms with Crippen LogP contribution < -0.4 is 5.32 Å². The van der Waals surface area contributed by atoms with E-state index < -0.39 is 0 Å². The van der Waals surface area contributed by atoms with Crippen LogP contribution in [0.4, 0.5) is 0 Å². The molecule has 0 amide bonds. The molecule has 0 aromatic heterocycles. The topological polar surface area (TPSA) is 12.0 Å². The predicted molar refractivity (Wildman–Crippen MR) is 77.6 cm³/mol. The highest BCUT2D eigenvalue weighted by Gasteiger charge is 2.16. The first-order valence-corrected chi connectivity index (χ1v) is 7.79. The van der Waals surface area contributed by atoms with E-state index in [-0.39, 0.29) is 0 Å². The molecule has 94 valence electrons. The van der Waals surface area contributed by atoms with Crippen molar-refractivity contribution in [2.75, 3.05) is 12.8 Å². The van der Waals surface area contributed by atoms with Gasteiger partial charge < -0.3 is 5.32 Å². The molecule has 1 aromatic carbocycles. The predicted octanol–water partition coefficient (Wildman–Crippen LogP) is 4.01. The van der Waals surface area contributed by atoms with E-state index in [1.165, 1.54) is 43.4 Å². The molecule has 2 rings (SSSR count). The van der Waals surface area contributed by atoms with Gasteiger partial charge in [-0.25, -0.2) is 0 Å². The Hall–Kier alpha value is -0.470. The highest BCUT2D eigenvalue weighted by Crippen LogP contribution is 2.30. The first-order chi connectivity index (χ1) is 8.40. The summed E-state index contributed by atoms with van der Waals surface area (Å²) in [6.07, 6.45) is 7.18. The smallest absolute Gasteiger partial charge is 0.0409 e. The van der Waals surface area contributed by atoms with Crippen molar-refractivity contribution >= 4 is 11.8 Å². The van der Waals surface area contributed by atoms with Crippen molar-refractivity contribution in [2.24, 2.45) is 0 Å². The van der Waals surface area contributed by atoms with Crippen molar-refractivity contribution in [1.82, 2.24) is 5.32 Å². The largest absolute Gasteiger partial charge is 0.312 e. The molecule has 0 bridgehead atoms. The molecule has 1 saturated carbocycles. The van der Waals surface area contributed by atoms with Crippen LogP contribution in [0, 0.1) is 0 Å². The maximum atomic E-state index is 3.44. The minimum atomic E-state index is 0.503. The normalized spacial score (nSPS) is 19.1. The van der Waals surface area contributed by atoms with Gasteiger partial charge in [-0.15, -0.1) is 0 Å². The summed E-state index contributed by atoms with van der Waals surface area (Å²) in [7, 11) is 2.07. The van der Waals surface area contributed by atoms with E-state index >= 15 is 0 Å². The van der Waals surface area contributed by atoms with E-state index in [9.17, 15) is 0 Å². The molecule has 0 radical (unpaired) electrons. The molecule has 1 nitrogen and oxygen atoms in total. The van der Waals surface area contributed by atoms with Gasteiger partial charge >= 0.3 is 0 Å². The summed E-state index contributed by atoms with van der Waals surface area (Å²) in [6.45, 7) is 0. The van der Waals surface area contributed by atoms with Crippen LogP contribution in [-0.4, -0.2) is 18.1 Å². The monoisotopic (exact) mass is 249 g/mol. The fourth-order valence-electron chi connectivity index (χ4n) is 2.50. The van der Waals surface area contributed by atoms with Crippen LogP contribution in [0.15, 0.2) is 30.3 Å². The molecule has 2 heteroatoms. The Morgan fingerprint density at radius 1 is 1.18 bits per heavy atom. The number of benzene rings is 1. The van der Waals surface area contributed by atoms with Crippen molar-refractivity contribution in [1.29, 1.82) is 0 Å². The molecule has 1 aliphatic rings. The summed E-state index contributed by atoms with van der Waals surface area (Å²) < 4.78 is 0. The fraction of sp³-hybridized carbons (Fsp3) is 0.600. The van der Waals surface area contributed by atoms with Crippen LogP contribution in [0.3, 0.4) is 0 Å². The lowest BCUT2D eigenvalue weighted by molar-refractivity contribution is 0.515. The minimum Gasteiger partial charge on any atom is -0.312 e. The van der Waals surface area contributed by atoms with Gasteiger partial charge in [0.25, 0.3) is 0 Å². The standard InChI is InChI=1S/C15H23NS/c1-16-15(13-8-4-2-5-9-13)12-17-14-10-6-3-7-11-14/h2,4-5,8-9,14-16H,3,6-7,10-12H2,1H3. The van der Waals surface area contributed by atoms with Gasteiger partial charge in [0.2, 0.25) is 0 Å². The zero-order valence-corrected chi connectivity index (χ0v) is 11.5. The number of thioether (sulfide) groups is 1. The summed E-state index contributed by atoms with van der Waals surface area (Å²) in [5.41, 5.74) is 1.42. The van der Waals surface area contributed by atoms with Gasteiger partial charge in [0, 0.05) is 17.0 Å². The summed E-state index contributed by atoms with van der Waals surface area (Å²) in [6, 6.07) is 11.3. The van der Waals surface area contributed by atoms with Crippen LogP contribution in [0.2, 0.25) is 0 Å². The van der Waals surface area contributed by atoms with E-state index in [4.69, 9.17) is 0 Å². The van der Waals surface area contributed by atoms with Gasteiger partial charge in [0.1, 0.15) is 0 Å². The summed E-state index contributed by atoms with van der Waals surface area (Å²) in [5, 5.41) is 4.34. The van der Waals surface area contributed by atoms with Gasteiger partial charge in [-0.2, -0.15) is 11.8 Å². The summed E-state index contributed by atoms with van der Waals surface area (Å²) in [4.78, 5) is 0. The van der Waals surface area contributed by atoms with Crippen molar-refractivity contribution < 1.29 is 0 Å². The molecule has 0 heterocycles. The van der Waals surface area contributed by atoms with Gasteiger partial charge in [0.05, 0.1) is 0 Å². The number of rotatable bonds is 5. The van der Waals surface area contributed by atoms with Crippen molar-refractivity contribution in [2.45, 2.75) is 43.4 Å². The molecule has 1 aliphatic carbocycles. The first-order valence-electron chi connectivity index (χ1n) is 6.74. The molecule has 1 fully saturated rings. The third-order valence-electron chi connectivity index (χ3n) is 3.60. The highest BCUT2D eigenvalue weighted by molar-refractivity contribution is 7.99. The maximum Gasteiger partial charge on any atom is 0.0409 e. The third kappa shape index (κ3) is 4.04. The van der Waals surface area contributed by atoms with Crippen LogP contribution in [0.1, 0.15) is 43.7 Å². The van der Waals surface area contributed by atoms with Crippen molar-refractivity contribution in [3.8, 4) is 0 Å². The van der Waals surface area contributed by atoms with Crippen LogP contribution in [0.5, 0.6) is 0 Å². The Morgan fingerprint density at radius 3 is 2.53 bits per heavy atom. The Balaban J connectivity index is 1.83. The van der Waals surface area contributed by atoms with E-state index in [1.807, 2.05) is 0 Å². The van der Waals surface area contributed by atoms with Gasteiger partial charge in [-0.1, -0.05) is 49.6 Å². The second kappa shape index (κ2) is 7.07. The number of nitrogens with one attached hydrogen (secondary N) is 1. The van der Waals surface area contributed by atoms with Crippen LogP contribution in [0.25, 0.3) is 0 Å². The second-order valence-corrected chi connectivity index (χ2v) is 6.18. The molecule has 0 saturated heterocycles. The van der Waals surface area contributed by atoms with Gasteiger partial charge in [-0.3, -0.25) is 0 Å². The number of hydrogen-bond donors (Lipinski definition) is 1. The average molecular weight is 249 g/mol. The molecule has 17 heavy (non-hydrogen) atoms. The molecular formula is C15H23NS. The van der Waals surface area contributed by atoms with Crippen LogP contribution in [-0.2, 0) is 0 Å². The molecular weight excluding hydrogens is 226 g/mol. The van der Waals surface area contributed by atoms with E-state index in [1.54, 1.807) is 0 Å². The minimum absolute atomic E-state index is 0.503. The lowest BCUT2D eigenvalue weighted by Crippen LogP contribution is -2.20. The van der Waals surface area contributed by atoms with E-state index in [0.717, 1.165) is 5.25 Å². The molecule has 1 atom stereocenters. The zero-order chi connectivity index (χ0) is 11.9. The SMILES string of the molecule is CNC(CSC1CCCCC1)c1ccccc1. The Morgan fingerprint density at radius 2 is 1.88 bits per heavy atom. The Kier molecular flexibility index (Phi) is 5.40. The second-order valence-electron chi connectivity index (χ2n) is 4.85. The average Bonchev–Trinajstić information content (AvgIpc) is 2.42. The Labute approximate surface area is 109 Å². The molecule has 0 spiro atoms. The lowest BCUT2D eigenvalue weighted by atomic mass is 10.0. The first kappa shape index (κ1) is 13.0. The van der Waals surface area contributed by atoms with Crippen molar-refractivity contribution in [3.05, 3.63) is 35.9 Å². The maximum absolute atomic E-state index is 3.44. The highest BCUT2D eigenvalue weighted by atomic mass is 32.2.